The summed E-state index contributed by atoms with van der Waals surface area (Å²) in [4.78, 5) is 33.1. The number of anilines is 1. The van der Waals surface area contributed by atoms with E-state index in [1.807, 2.05) is 13.0 Å². The van der Waals surface area contributed by atoms with E-state index in [4.69, 9.17) is 9.72 Å². The van der Waals surface area contributed by atoms with Crippen molar-refractivity contribution in [3.63, 3.8) is 0 Å². The second-order valence-corrected chi connectivity index (χ2v) is 8.00. The number of hydrogen-bond donors (Lipinski definition) is 0. The van der Waals surface area contributed by atoms with Crippen molar-refractivity contribution < 1.29 is 4.74 Å². The van der Waals surface area contributed by atoms with Gasteiger partial charge in [-0.15, -0.1) is 0 Å². The fraction of sp³-hybridized carbons (Fsp3) is 0.348. The van der Waals surface area contributed by atoms with Gasteiger partial charge in [-0.2, -0.15) is 0 Å². The molecule has 1 aliphatic rings. The lowest BCUT2D eigenvalue weighted by Gasteiger charge is -2.33. The van der Waals surface area contributed by atoms with E-state index in [1.54, 1.807) is 48.6 Å². The van der Waals surface area contributed by atoms with Gasteiger partial charge in [0.25, 0.3) is 5.56 Å². The van der Waals surface area contributed by atoms with Crippen LogP contribution in [0.4, 0.5) is 5.82 Å². The van der Waals surface area contributed by atoms with Crippen LogP contribution in [0.2, 0.25) is 0 Å². The number of rotatable bonds is 4. The molecule has 1 aromatic carbocycles. The third-order valence-corrected chi connectivity index (χ3v) is 5.99. The molecule has 0 amide bonds. The molecule has 0 radical (unpaired) electrons. The van der Waals surface area contributed by atoms with Crippen LogP contribution in [0, 0.1) is 12.8 Å². The Morgan fingerprint density at radius 3 is 2.74 bits per heavy atom. The first-order valence-corrected chi connectivity index (χ1v) is 10.5. The average Bonchev–Trinajstić information content (AvgIpc) is 2.80. The van der Waals surface area contributed by atoms with Gasteiger partial charge in [0.15, 0.2) is 0 Å². The zero-order valence-electron chi connectivity index (χ0n) is 17.7. The number of aromatic nitrogens is 5. The van der Waals surface area contributed by atoms with Gasteiger partial charge >= 0.3 is 0 Å². The number of methoxy groups -OCH3 is 1. The molecular formula is C23H24N6O2. The van der Waals surface area contributed by atoms with Crippen LogP contribution in [-0.2, 0) is 6.54 Å². The highest BCUT2D eigenvalue weighted by molar-refractivity contribution is 5.88. The molecule has 1 saturated heterocycles. The molecule has 0 atom stereocenters. The Balaban J connectivity index is 1.33. The van der Waals surface area contributed by atoms with E-state index in [1.165, 1.54) is 0 Å². The van der Waals surface area contributed by atoms with Gasteiger partial charge in [0.1, 0.15) is 17.4 Å². The minimum atomic E-state index is 0.00000176. The van der Waals surface area contributed by atoms with Crippen LogP contribution in [0.25, 0.3) is 21.8 Å². The third-order valence-electron chi connectivity index (χ3n) is 5.99. The number of hydrogen-bond acceptors (Lipinski definition) is 7. The Hall–Kier alpha value is -3.55. The minimum absolute atomic E-state index is 0.00000176. The van der Waals surface area contributed by atoms with Gasteiger partial charge in [0.05, 0.1) is 36.1 Å². The van der Waals surface area contributed by atoms with Gasteiger partial charge in [0.2, 0.25) is 0 Å². The molecule has 0 aliphatic carbocycles. The number of aryl methyl sites for hydroxylation is 1. The summed E-state index contributed by atoms with van der Waals surface area (Å²) in [5, 5.41) is 1.65. The molecule has 5 rings (SSSR count). The maximum atomic E-state index is 12.9. The van der Waals surface area contributed by atoms with Crippen molar-refractivity contribution in [2.24, 2.45) is 5.92 Å². The first-order valence-electron chi connectivity index (χ1n) is 10.5. The van der Waals surface area contributed by atoms with E-state index in [2.05, 4.69) is 19.9 Å². The Morgan fingerprint density at radius 2 is 1.94 bits per heavy atom. The average molecular weight is 416 g/mol. The number of piperidine rings is 1. The van der Waals surface area contributed by atoms with Crippen LogP contribution < -0.4 is 15.2 Å². The highest BCUT2D eigenvalue weighted by Crippen LogP contribution is 2.28. The van der Waals surface area contributed by atoms with Gasteiger partial charge in [-0.1, -0.05) is 0 Å². The molecule has 0 bridgehead atoms. The van der Waals surface area contributed by atoms with E-state index in [0.29, 0.717) is 29.1 Å². The predicted molar refractivity (Wildman–Crippen MR) is 120 cm³/mol. The molecule has 0 saturated carbocycles. The molecule has 8 heteroatoms. The summed E-state index contributed by atoms with van der Waals surface area (Å²) >= 11 is 0. The zero-order valence-corrected chi connectivity index (χ0v) is 17.7. The molecular weight excluding hydrogens is 392 g/mol. The predicted octanol–water partition coefficient (Wildman–Crippen LogP) is 2.97. The highest BCUT2D eigenvalue weighted by atomic mass is 16.5. The van der Waals surface area contributed by atoms with E-state index in [0.717, 1.165) is 48.5 Å². The summed E-state index contributed by atoms with van der Waals surface area (Å²) in [7, 11) is 1.61. The van der Waals surface area contributed by atoms with Gasteiger partial charge in [-0.3, -0.25) is 14.3 Å². The summed E-state index contributed by atoms with van der Waals surface area (Å²) in [6.45, 7) is 4.38. The standard InChI is InChI=1S/C23H24N6O2/c1-15-26-21-12-24-8-5-18(21)22(27-15)28-9-6-16(7-10-28)13-29-14-25-20-11-17(31-2)3-4-19(20)23(29)30/h3-5,8,11-12,14,16H,6-7,9-10,13H2,1-2H3. The van der Waals surface area contributed by atoms with Crippen molar-refractivity contribution in [2.45, 2.75) is 26.3 Å². The van der Waals surface area contributed by atoms with Crippen LogP contribution in [0.5, 0.6) is 5.75 Å². The summed E-state index contributed by atoms with van der Waals surface area (Å²) in [6.07, 6.45) is 7.21. The van der Waals surface area contributed by atoms with Crippen LogP contribution in [0.1, 0.15) is 18.7 Å². The van der Waals surface area contributed by atoms with Crippen LogP contribution in [0.3, 0.4) is 0 Å². The van der Waals surface area contributed by atoms with E-state index >= 15 is 0 Å². The fourth-order valence-electron chi connectivity index (χ4n) is 4.32. The molecule has 0 unspecified atom stereocenters. The second kappa shape index (κ2) is 7.94. The van der Waals surface area contributed by atoms with Crippen LogP contribution in [-0.4, -0.2) is 44.7 Å². The molecule has 158 valence electrons. The lowest BCUT2D eigenvalue weighted by Crippen LogP contribution is -2.37. The van der Waals surface area contributed by atoms with Crippen molar-refractivity contribution in [3.8, 4) is 5.75 Å². The lowest BCUT2D eigenvalue weighted by atomic mass is 9.96. The Kier molecular flexibility index (Phi) is 4.97. The van der Waals surface area contributed by atoms with Crippen LogP contribution >= 0.6 is 0 Å². The fourth-order valence-corrected chi connectivity index (χ4v) is 4.32. The first-order chi connectivity index (χ1) is 15.1. The van der Waals surface area contributed by atoms with Crippen molar-refractivity contribution >= 4 is 27.6 Å². The molecule has 31 heavy (non-hydrogen) atoms. The number of pyridine rings is 1. The summed E-state index contributed by atoms with van der Waals surface area (Å²) in [6, 6.07) is 7.37. The zero-order chi connectivity index (χ0) is 21.4. The normalized spacial score (nSPS) is 15.0. The largest absolute Gasteiger partial charge is 0.497 e. The molecule has 3 aromatic heterocycles. The second-order valence-electron chi connectivity index (χ2n) is 8.00. The Labute approximate surface area is 179 Å². The maximum Gasteiger partial charge on any atom is 0.261 e. The molecule has 0 spiro atoms. The van der Waals surface area contributed by atoms with Gasteiger partial charge in [0, 0.05) is 37.3 Å². The Morgan fingerprint density at radius 1 is 1.10 bits per heavy atom. The molecule has 8 nitrogen and oxygen atoms in total. The number of nitrogens with zero attached hydrogens (tertiary/aromatic N) is 6. The van der Waals surface area contributed by atoms with E-state index in [-0.39, 0.29) is 5.56 Å². The van der Waals surface area contributed by atoms with Crippen molar-refractivity contribution in [2.75, 3.05) is 25.1 Å². The minimum Gasteiger partial charge on any atom is -0.497 e. The van der Waals surface area contributed by atoms with Gasteiger partial charge < -0.3 is 9.64 Å². The topological polar surface area (TPSA) is 86.0 Å². The number of ether oxygens (including phenoxy) is 1. The maximum absolute atomic E-state index is 12.9. The SMILES string of the molecule is COc1ccc2c(=O)n(CC3CCN(c4nc(C)nc5cnccc45)CC3)cnc2c1. The van der Waals surface area contributed by atoms with Gasteiger partial charge in [-0.05, 0) is 43.9 Å². The van der Waals surface area contributed by atoms with Crippen LogP contribution in [0.15, 0.2) is 47.8 Å². The molecule has 4 aromatic rings. The molecule has 1 fully saturated rings. The number of fused-ring (bicyclic) bond motifs is 2. The third kappa shape index (κ3) is 3.69. The summed E-state index contributed by atoms with van der Waals surface area (Å²) in [5.74, 6) is 2.85. The first kappa shape index (κ1) is 19.4. The molecule has 0 N–H and O–H groups in total. The van der Waals surface area contributed by atoms with Crippen molar-refractivity contribution in [1.29, 1.82) is 0 Å². The number of benzene rings is 1. The lowest BCUT2D eigenvalue weighted by molar-refractivity contribution is 0.351. The molecule has 4 heterocycles. The Bertz CT molecular complexity index is 1310. The highest BCUT2D eigenvalue weighted by Gasteiger charge is 2.23. The monoisotopic (exact) mass is 416 g/mol. The molecule has 1 aliphatic heterocycles. The van der Waals surface area contributed by atoms with Crippen molar-refractivity contribution in [3.05, 3.63) is 59.2 Å². The van der Waals surface area contributed by atoms with Crippen molar-refractivity contribution in [1.82, 2.24) is 24.5 Å². The quantitative estimate of drug-likeness (QED) is 0.505. The van der Waals surface area contributed by atoms with E-state index < -0.39 is 0 Å². The summed E-state index contributed by atoms with van der Waals surface area (Å²) in [5.41, 5.74) is 1.54. The smallest absolute Gasteiger partial charge is 0.261 e. The van der Waals surface area contributed by atoms with E-state index in [9.17, 15) is 4.79 Å². The summed E-state index contributed by atoms with van der Waals surface area (Å²) < 4.78 is 6.97. The van der Waals surface area contributed by atoms with Gasteiger partial charge in [-0.25, -0.2) is 15.0 Å².